The molecular formula is C10H19N3O2. The Morgan fingerprint density at radius 3 is 2.47 bits per heavy atom. The van der Waals surface area contributed by atoms with Crippen molar-refractivity contribution in [2.75, 3.05) is 12.8 Å². The van der Waals surface area contributed by atoms with Gasteiger partial charge in [0, 0.05) is 20.2 Å². The molecule has 0 aliphatic heterocycles. The molecule has 0 amide bonds. The van der Waals surface area contributed by atoms with E-state index in [0.29, 0.717) is 18.8 Å². The Labute approximate surface area is 89.4 Å². The van der Waals surface area contributed by atoms with Crippen LogP contribution in [-0.2, 0) is 24.4 Å². The normalized spacial score (nSPS) is 10.9. The highest BCUT2D eigenvalue weighted by atomic mass is 16.5. The maximum Gasteiger partial charge on any atom is 0.290 e. The monoisotopic (exact) mass is 213 g/mol. The van der Waals surface area contributed by atoms with Gasteiger partial charge in [0.2, 0.25) is 0 Å². The molecule has 0 saturated heterocycles. The summed E-state index contributed by atoms with van der Waals surface area (Å²) in [6.45, 7) is 5.83. The number of anilines is 1. The van der Waals surface area contributed by atoms with Gasteiger partial charge in [-0.25, -0.2) is 4.68 Å². The van der Waals surface area contributed by atoms with Crippen molar-refractivity contribution in [3.8, 4) is 0 Å². The summed E-state index contributed by atoms with van der Waals surface area (Å²) in [4.78, 5) is 11.8. The second-order valence-electron chi connectivity index (χ2n) is 3.44. The van der Waals surface area contributed by atoms with Crippen LogP contribution >= 0.6 is 0 Å². The van der Waals surface area contributed by atoms with Gasteiger partial charge in [0.05, 0.1) is 12.3 Å². The van der Waals surface area contributed by atoms with Crippen LogP contribution in [0.1, 0.15) is 26.0 Å². The van der Waals surface area contributed by atoms with Crippen LogP contribution < -0.4 is 11.3 Å². The van der Waals surface area contributed by atoms with Crippen molar-refractivity contribution in [3.05, 3.63) is 16.0 Å². The molecule has 1 aromatic rings. The fourth-order valence-electron chi connectivity index (χ4n) is 1.74. The van der Waals surface area contributed by atoms with Crippen LogP contribution in [0, 0.1) is 0 Å². The second kappa shape index (κ2) is 5.02. The smallest absolute Gasteiger partial charge is 0.290 e. The fraction of sp³-hybridized carbons (Fsp3) is 0.700. The highest BCUT2D eigenvalue weighted by Crippen LogP contribution is 2.10. The summed E-state index contributed by atoms with van der Waals surface area (Å²) < 4.78 is 8.62. The van der Waals surface area contributed by atoms with Gasteiger partial charge in [-0.2, -0.15) is 0 Å². The lowest BCUT2D eigenvalue weighted by Gasteiger charge is -2.11. The lowest BCUT2D eigenvalue weighted by atomic mass is 10.4. The van der Waals surface area contributed by atoms with E-state index in [4.69, 9.17) is 10.5 Å². The van der Waals surface area contributed by atoms with Crippen molar-refractivity contribution in [1.82, 2.24) is 9.36 Å². The Kier molecular flexibility index (Phi) is 3.96. The highest BCUT2D eigenvalue weighted by molar-refractivity contribution is 5.41. The summed E-state index contributed by atoms with van der Waals surface area (Å²) in [5.41, 5.74) is 6.74. The molecule has 0 bridgehead atoms. The van der Waals surface area contributed by atoms with Crippen molar-refractivity contribution in [2.45, 2.75) is 40.0 Å². The zero-order valence-corrected chi connectivity index (χ0v) is 9.62. The van der Waals surface area contributed by atoms with Crippen molar-refractivity contribution in [2.24, 2.45) is 0 Å². The molecular weight excluding hydrogens is 194 g/mol. The summed E-state index contributed by atoms with van der Waals surface area (Å²) >= 11 is 0. The standard InChI is InChI=1S/C10H19N3O2/c1-4-6-13-10(14)9(11)8(7-15-3)12(13)5-2/h4-7,11H2,1-3H3. The van der Waals surface area contributed by atoms with Gasteiger partial charge in [-0.1, -0.05) is 6.92 Å². The minimum Gasteiger partial charge on any atom is -0.393 e. The second-order valence-corrected chi connectivity index (χ2v) is 3.44. The SMILES string of the molecule is CCCn1c(=O)c(N)c(COC)n1CC. The summed E-state index contributed by atoms with van der Waals surface area (Å²) in [7, 11) is 1.60. The number of nitrogen functional groups attached to an aromatic ring is 1. The molecule has 0 spiro atoms. The zero-order valence-electron chi connectivity index (χ0n) is 9.62. The predicted octanol–water partition coefficient (Wildman–Crippen LogP) is 0.808. The van der Waals surface area contributed by atoms with Crippen LogP contribution in [0.5, 0.6) is 0 Å². The lowest BCUT2D eigenvalue weighted by molar-refractivity contribution is 0.175. The molecule has 1 heterocycles. The van der Waals surface area contributed by atoms with Crippen molar-refractivity contribution < 1.29 is 4.74 Å². The van der Waals surface area contributed by atoms with E-state index in [9.17, 15) is 4.79 Å². The predicted molar refractivity (Wildman–Crippen MR) is 59.8 cm³/mol. The number of nitrogens with zero attached hydrogens (tertiary/aromatic N) is 2. The van der Waals surface area contributed by atoms with Crippen LogP contribution in [0.25, 0.3) is 0 Å². The third-order valence-corrected chi connectivity index (χ3v) is 2.39. The third-order valence-electron chi connectivity index (χ3n) is 2.39. The van der Waals surface area contributed by atoms with Crippen LogP contribution in [0.3, 0.4) is 0 Å². The van der Waals surface area contributed by atoms with E-state index in [1.54, 1.807) is 11.8 Å². The van der Waals surface area contributed by atoms with E-state index in [1.807, 2.05) is 18.5 Å². The van der Waals surface area contributed by atoms with Crippen molar-refractivity contribution >= 4 is 5.69 Å². The topological polar surface area (TPSA) is 62.2 Å². The number of hydrogen-bond acceptors (Lipinski definition) is 3. The molecule has 15 heavy (non-hydrogen) atoms. The first-order valence-corrected chi connectivity index (χ1v) is 5.24. The van der Waals surface area contributed by atoms with E-state index in [0.717, 1.165) is 18.7 Å². The Morgan fingerprint density at radius 1 is 1.33 bits per heavy atom. The van der Waals surface area contributed by atoms with Crippen LogP contribution in [0.15, 0.2) is 4.79 Å². The molecule has 2 N–H and O–H groups in total. The zero-order chi connectivity index (χ0) is 11.4. The van der Waals surface area contributed by atoms with Crippen LogP contribution in [-0.4, -0.2) is 16.5 Å². The molecule has 0 aromatic carbocycles. The summed E-state index contributed by atoms with van der Waals surface area (Å²) in [6, 6.07) is 0. The number of hydrogen-bond donors (Lipinski definition) is 1. The van der Waals surface area contributed by atoms with Gasteiger partial charge in [0.1, 0.15) is 5.69 Å². The highest BCUT2D eigenvalue weighted by Gasteiger charge is 2.15. The third kappa shape index (κ3) is 2.07. The maximum absolute atomic E-state index is 11.8. The molecule has 0 radical (unpaired) electrons. The molecule has 1 aromatic heterocycles. The Morgan fingerprint density at radius 2 is 2.00 bits per heavy atom. The van der Waals surface area contributed by atoms with E-state index < -0.39 is 0 Å². The van der Waals surface area contributed by atoms with E-state index in [1.165, 1.54) is 0 Å². The summed E-state index contributed by atoms with van der Waals surface area (Å²) in [5.74, 6) is 0. The van der Waals surface area contributed by atoms with Crippen molar-refractivity contribution in [3.63, 3.8) is 0 Å². The number of nitrogens with two attached hydrogens (primary N) is 1. The van der Waals surface area contributed by atoms with E-state index in [2.05, 4.69) is 0 Å². The molecule has 0 atom stereocenters. The number of rotatable bonds is 5. The minimum atomic E-state index is -0.106. The Balaban J connectivity index is 3.26. The quantitative estimate of drug-likeness (QED) is 0.787. The van der Waals surface area contributed by atoms with Crippen molar-refractivity contribution in [1.29, 1.82) is 0 Å². The summed E-state index contributed by atoms with van der Waals surface area (Å²) in [6.07, 6.45) is 0.912. The molecule has 0 fully saturated rings. The van der Waals surface area contributed by atoms with E-state index >= 15 is 0 Å². The first-order chi connectivity index (χ1) is 7.17. The molecule has 0 aliphatic rings. The van der Waals surface area contributed by atoms with E-state index in [-0.39, 0.29) is 5.56 Å². The fourth-order valence-corrected chi connectivity index (χ4v) is 1.74. The summed E-state index contributed by atoms with van der Waals surface area (Å²) in [5, 5.41) is 0. The van der Waals surface area contributed by atoms with Gasteiger partial charge in [0.15, 0.2) is 0 Å². The van der Waals surface area contributed by atoms with Crippen LogP contribution in [0.4, 0.5) is 5.69 Å². The first kappa shape index (κ1) is 11.8. The Bertz CT molecular complexity index is 379. The van der Waals surface area contributed by atoms with Gasteiger partial charge >= 0.3 is 0 Å². The number of aromatic nitrogens is 2. The first-order valence-electron chi connectivity index (χ1n) is 5.24. The Hall–Kier alpha value is -1.23. The average Bonchev–Trinajstić information content (AvgIpc) is 2.45. The van der Waals surface area contributed by atoms with Gasteiger partial charge in [-0.05, 0) is 13.3 Å². The molecule has 5 nitrogen and oxygen atoms in total. The number of ether oxygens (including phenoxy) is 1. The molecule has 1 rings (SSSR count). The molecule has 86 valence electrons. The largest absolute Gasteiger partial charge is 0.393 e. The lowest BCUT2D eigenvalue weighted by Crippen LogP contribution is -2.23. The minimum absolute atomic E-state index is 0.106. The van der Waals surface area contributed by atoms with Gasteiger partial charge < -0.3 is 10.5 Å². The van der Waals surface area contributed by atoms with Crippen LogP contribution in [0.2, 0.25) is 0 Å². The maximum atomic E-state index is 11.8. The molecule has 0 saturated carbocycles. The van der Waals surface area contributed by atoms with Gasteiger partial charge in [-0.15, -0.1) is 0 Å². The average molecular weight is 213 g/mol. The molecule has 0 unspecified atom stereocenters. The molecule has 0 aliphatic carbocycles. The number of methoxy groups -OCH3 is 1. The van der Waals surface area contributed by atoms with Gasteiger partial charge in [0.25, 0.3) is 5.56 Å². The molecule has 5 heteroatoms. The van der Waals surface area contributed by atoms with Gasteiger partial charge in [-0.3, -0.25) is 9.48 Å².